The third-order valence-corrected chi connectivity index (χ3v) is 2.75. The first-order chi connectivity index (χ1) is 9.65. The fourth-order valence-corrected chi connectivity index (χ4v) is 1.83. The Hall–Kier alpha value is -2.06. The lowest BCUT2D eigenvalue weighted by molar-refractivity contribution is -0.122. The number of rotatable bonds is 8. The second kappa shape index (κ2) is 8.94. The minimum atomic E-state index is -0.295. The number of hydrogen-bond donors (Lipinski definition) is 2. The van der Waals surface area contributed by atoms with E-state index in [0.717, 1.165) is 13.0 Å². The number of nitrogens with one attached hydrogen (secondary N) is 2. The lowest BCUT2D eigenvalue weighted by Gasteiger charge is -2.12. The molecule has 0 aromatic heterocycles. The van der Waals surface area contributed by atoms with Crippen molar-refractivity contribution in [1.29, 1.82) is 5.26 Å². The lowest BCUT2D eigenvalue weighted by Crippen LogP contribution is -2.29. The zero-order valence-corrected chi connectivity index (χ0v) is 12.0. The summed E-state index contributed by atoms with van der Waals surface area (Å²) in [5.74, 6) is 0.355. The van der Waals surface area contributed by atoms with E-state index in [4.69, 9.17) is 10.00 Å². The van der Waals surface area contributed by atoms with Crippen LogP contribution in [0.4, 0.5) is 0 Å². The van der Waals surface area contributed by atoms with Crippen molar-refractivity contribution in [2.45, 2.75) is 26.3 Å². The molecule has 1 amide bonds. The van der Waals surface area contributed by atoms with Crippen molar-refractivity contribution in [3.05, 3.63) is 29.8 Å². The zero-order valence-electron chi connectivity index (χ0n) is 12.0. The van der Waals surface area contributed by atoms with Crippen LogP contribution in [0.15, 0.2) is 24.3 Å². The van der Waals surface area contributed by atoms with E-state index in [2.05, 4.69) is 24.5 Å². The van der Waals surface area contributed by atoms with Crippen molar-refractivity contribution in [3.63, 3.8) is 0 Å². The summed E-state index contributed by atoms with van der Waals surface area (Å²) in [7, 11) is 0. The topological polar surface area (TPSA) is 74.2 Å². The van der Waals surface area contributed by atoms with Crippen LogP contribution in [-0.2, 0) is 11.2 Å². The first-order valence-corrected chi connectivity index (χ1v) is 6.74. The lowest BCUT2D eigenvalue weighted by atomic mass is 10.1. The number of benzene rings is 1. The molecule has 20 heavy (non-hydrogen) atoms. The summed E-state index contributed by atoms with van der Waals surface area (Å²) in [6, 6.07) is 9.97. The number of carbonyl (C=O) groups excluding carboxylic acids is 1. The molecule has 0 bridgehead atoms. The molecule has 1 rings (SSSR count). The highest BCUT2D eigenvalue weighted by Crippen LogP contribution is 2.13. The molecular formula is C15H21N3O2. The van der Waals surface area contributed by atoms with Crippen molar-refractivity contribution < 1.29 is 9.53 Å². The van der Waals surface area contributed by atoms with Gasteiger partial charge in [-0.15, -0.1) is 0 Å². The molecule has 0 radical (unpaired) electrons. The predicted molar refractivity (Wildman–Crippen MR) is 77.4 cm³/mol. The van der Waals surface area contributed by atoms with Crippen LogP contribution >= 0.6 is 0 Å². The smallest absolute Gasteiger partial charge is 0.258 e. The van der Waals surface area contributed by atoms with Crippen molar-refractivity contribution >= 4 is 5.91 Å². The Morgan fingerprint density at radius 3 is 2.70 bits per heavy atom. The van der Waals surface area contributed by atoms with E-state index in [0.29, 0.717) is 11.8 Å². The summed E-state index contributed by atoms with van der Waals surface area (Å²) in [5, 5.41) is 14.1. The molecular weight excluding hydrogens is 254 g/mol. The van der Waals surface area contributed by atoms with E-state index in [1.807, 2.05) is 30.3 Å². The maximum absolute atomic E-state index is 11.3. The van der Waals surface area contributed by atoms with E-state index in [-0.39, 0.29) is 19.1 Å². The van der Waals surface area contributed by atoms with Crippen molar-refractivity contribution in [2.24, 2.45) is 0 Å². The SMILES string of the molecule is CCNC(C)Cc1ccc(OCC(=O)NCC#N)cc1. The molecule has 108 valence electrons. The number of amides is 1. The van der Waals surface area contributed by atoms with Gasteiger partial charge >= 0.3 is 0 Å². The number of ether oxygens (including phenoxy) is 1. The summed E-state index contributed by atoms with van der Waals surface area (Å²) in [6.07, 6.45) is 0.955. The van der Waals surface area contributed by atoms with Crippen LogP contribution in [0.1, 0.15) is 19.4 Å². The summed E-state index contributed by atoms with van der Waals surface area (Å²) in [4.78, 5) is 11.3. The van der Waals surface area contributed by atoms with Gasteiger partial charge in [0.25, 0.3) is 5.91 Å². The van der Waals surface area contributed by atoms with Gasteiger partial charge < -0.3 is 15.4 Å². The Kier molecular flexibility index (Phi) is 7.15. The van der Waals surface area contributed by atoms with Crippen LogP contribution in [0.3, 0.4) is 0 Å². The number of likely N-dealkylation sites (N-methyl/N-ethyl adjacent to an activating group) is 1. The van der Waals surface area contributed by atoms with Crippen molar-refractivity contribution in [1.82, 2.24) is 10.6 Å². The van der Waals surface area contributed by atoms with Crippen molar-refractivity contribution in [3.8, 4) is 11.8 Å². The van der Waals surface area contributed by atoms with E-state index < -0.39 is 0 Å². The van der Waals surface area contributed by atoms with Gasteiger partial charge in [0.1, 0.15) is 12.3 Å². The zero-order chi connectivity index (χ0) is 14.8. The van der Waals surface area contributed by atoms with Gasteiger partial charge in [-0.05, 0) is 37.6 Å². The maximum atomic E-state index is 11.3. The van der Waals surface area contributed by atoms with Crippen LogP contribution in [0, 0.1) is 11.3 Å². The highest BCUT2D eigenvalue weighted by molar-refractivity contribution is 5.77. The summed E-state index contributed by atoms with van der Waals surface area (Å²) >= 11 is 0. The monoisotopic (exact) mass is 275 g/mol. The molecule has 0 aliphatic rings. The predicted octanol–water partition coefficient (Wildman–Crippen LogP) is 1.25. The van der Waals surface area contributed by atoms with Crippen molar-refractivity contribution in [2.75, 3.05) is 19.7 Å². The third-order valence-electron chi connectivity index (χ3n) is 2.75. The van der Waals surface area contributed by atoms with Crippen LogP contribution in [-0.4, -0.2) is 31.6 Å². The van der Waals surface area contributed by atoms with Crippen LogP contribution < -0.4 is 15.4 Å². The summed E-state index contributed by atoms with van der Waals surface area (Å²) in [5.41, 5.74) is 1.22. The Labute approximate surface area is 119 Å². The van der Waals surface area contributed by atoms with Crippen LogP contribution in [0.5, 0.6) is 5.75 Å². The molecule has 0 fully saturated rings. The first-order valence-electron chi connectivity index (χ1n) is 6.74. The Morgan fingerprint density at radius 2 is 2.10 bits per heavy atom. The fraction of sp³-hybridized carbons (Fsp3) is 0.467. The molecule has 0 saturated heterocycles. The third kappa shape index (κ3) is 6.21. The number of nitriles is 1. The Balaban J connectivity index is 2.39. The molecule has 1 atom stereocenters. The quantitative estimate of drug-likeness (QED) is 0.700. The molecule has 0 saturated carbocycles. The molecule has 1 unspecified atom stereocenters. The first kappa shape index (κ1) is 16.0. The standard InChI is InChI=1S/C15H21N3O2/c1-3-17-12(2)10-13-4-6-14(7-5-13)20-11-15(19)18-9-8-16/h4-7,12,17H,3,9-11H2,1-2H3,(H,18,19). The Bertz CT molecular complexity index is 451. The van der Waals surface area contributed by atoms with Gasteiger partial charge in [0, 0.05) is 6.04 Å². The summed E-state index contributed by atoms with van der Waals surface area (Å²) < 4.78 is 5.34. The molecule has 0 aliphatic carbocycles. The Morgan fingerprint density at radius 1 is 1.40 bits per heavy atom. The number of hydrogen-bond acceptors (Lipinski definition) is 4. The van der Waals surface area contributed by atoms with Gasteiger partial charge in [0.15, 0.2) is 6.61 Å². The minimum absolute atomic E-state index is 0.00342. The van der Waals surface area contributed by atoms with Gasteiger partial charge in [0.05, 0.1) is 6.07 Å². The maximum Gasteiger partial charge on any atom is 0.258 e. The average molecular weight is 275 g/mol. The summed E-state index contributed by atoms with van der Waals surface area (Å²) in [6.45, 7) is 5.12. The largest absolute Gasteiger partial charge is 0.484 e. The highest BCUT2D eigenvalue weighted by Gasteiger charge is 2.04. The number of nitrogens with zero attached hydrogens (tertiary/aromatic N) is 1. The average Bonchev–Trinajstić information content (AvgIpc) is 2.44. The van der Waals surface area contributed by atoms with E-state index in [1.165, 1.54) is 5.56 Å². The molecule has 5 nitrogen and oxygen atoms in total. The molecule has 2 N–H and O–H groups in total. The molecule has 5 heteroatoms. The minimum Gasteiger partial charge on any atom is -0.484 e. The fourth-order valence-electron chi connectivity index (χ4n) is 1.83. The van der Waals surface area contributed by atoms with Gasteiger partial charge in [-0.3, -0.25) is 4.79 Å². The van der Waals surface area contributed by atoms with Crippen LogP contribution in [0.2, 0.25) is 0 Å². The molecule has 0 heterocycles. The van der Waals surface area contributed by atoms with Gasteiger partial charge in [-0.1, -0.05) is 19.1 Å². The molecule has 1 aromatic rings. The van der Waals surface area contributed by atoms with E-state index >= 15 is 0 Å². The van der Waals surface area contributed by atoms with E-state index in [1.54, 1.807) is 0 Å². The van der Waals surface area contributed by atoms with E-state index in [9.17, 15) is 4.79 Å². The number of carbonyl (C=O) groups is 1. The molecule has 0 aliphatic heterocycles. The highest BCUT2D eigenvalue weighted by atomic mass is 16.5. The molecule has 0 spiro atoms. The van der Waals surface area contributed by atoms with Gasteiger partial charge in [-0.2, -0.15) is 5.26 Å². The second-order valence-corrected chi connectivity index (χ2v) is 4.53. The second-order valence-electron chi connectivity index (χ2n) is 4.53. The molecule has 1 aromatic carbocycles. The normalized spacial score (nSPS) is 11.4. The van der Waals surface area contributed by atoms with Gasteiger partial charge in [-0.25, -0.2) is 0 Å². The van der Waals surface area contributed by atoms with Crippen LogP contribution in [0.25, 0.3) is 0 Å². The van der Waals surface area contributed by atoms with Gasteiger partial charge in [0.2, 0.25) is 0 Å².